The van der Waals surface area contributed by atoms with Gasteiger partial charge in [-0.05, 0) is 30.7 Å². The third kappa shape index (κ3) is 3.37. The lowest BCUT2D eigenvalue weighted by Gasteiger charge is -2.06. The SMILES string of the molecule is CCNCC(=O)NCCc1ccc2c(c1)OCO2. The minimum Gasteiger partial charge on any atom is -0.454 e. The fourth-order valence-corrected chi connectivity index (χ4v) is 1.74. The molecule has 5 nitrogen and oxygen atoms in total. The molecular weight excluding hydrogens is 232 g/mol. The predicted molar refractivity (Wildman–Crippen MR) is 67.8 cm³/mol. The molecule has 18 heavy (non-hydrogen) atoms. The van der Waals surface area contributed by atoms with E-state index in [9.17, 15) is 4.79 Å². The summed E-state index contributed by atoms with van der Waals surface area (Å²) in [6, 6.07) is 5.85. The van der Waals surface area contributed by atoms with Crippen molar-refractivity contribution in [3.8, 4) is 11.5 Å². The Bertz CT molecular complexity index is 421. The number of fused-ring (bicyclic) bond motifs is 1. The smallest absolute Gasteiger partial charge is 0.233 e. The molecule has 2 rings (SSSR count). The molecule has 1 aliphatic heterocycles. The zero-order chi connectivity index (χ0) is 12.8. The van der Waals surface area contributed by atoms with Crippen molar-refractivity contribution >= 4 is 5.91 Å². The van der Waals surface area contributed by atoms with Crippen molar-refractivity contribution in [2.75, 3.05) is 26.4 Å². The molecule has 0 spiro atoms. The number of hydrogen-bond donors (Lipinski definition) is 2. The van der Waals surface area contributed by atoms with Gasteiger partial charge in [0.1, 0.15) is 0 Å². The molecule has 1 amide bonds. The van der Waals surface area contributed by atoms with Crippen molar-refractivity contribution in [3.05, 3.63) is 23.8 Å². The van der Waals surface area contributed by atoms with Crippen LogP contribution in [-0.4, -0.2) is 32.3 Å². The van der Waals surface area contributed by atoms with Crippen LogP contribution in [0.1, 0.15) is 12.5 Å². The zero-order valence-electron chi connectivity index (χ0n) is 10.5. The van der Waals surface area contributed by atoms with Crippen LogP contribution in [0.2, 0.25) is 0 Å². The van der Waals surface area contributed by atoms with Gasteiger partial charge in [-0.25, -0.2) is 0 Å². The van der Waals surface area contributed by atoms with Gasteiger partial charge in [0.25, 0.3) is 0 Å². The van der Waals surface area contributed by atoms with Gasteiger partial charge in [-0.2, -0.15) is 0 Å². The van der Waals surface area contributed by atoms with Crippen molar-refractivity contribution in [2.45, 2.75) is 13.3 Å². The van der Waals surface area contributed by atoms with Crippen LogP contribution in [0.15, 0.2) is 18.2 Å². The Kier molecular flexibility index (Phi) is 4.41. The first-order valence-electron chi connectivity index (χ1n) is 6.15. The van der Waals surface area contributed by atoms with Crippen molar-refractivity contribution < 1.29 is 14.3 Å². The van der Waals surface area contributed by atoms with Gasteiger partial charge >= 0.3 is 0 Å². The Morgan fingerprint density at radius 1 is 1.33 bits per heavy atom. The second kappa shape index (κ2) is 6.26. The first-order valence-corrected chi connectivity index (χ1v) is 6.15. The van der Waals surface area contributed by atoms with E-state index in [1.165, 1.54) is 0 Å². The number of carbonyl (C=O) groups is 1. The van der Waals surface area contributed by atoms with E-state index in [4.69, 9.17) is 9.47 Å². The first kappa shape index (κ1) is 12.7. The summed E-state index contributed by atoms with van der Waals surface area (Å²) in [5.74, 6) is 1.60. The quantitative estimate of drug-likeness (QED) is 0.779. The van der Waals surface area contributed by atoms with Gasteiger partial charge in [0.15, 0.2) is 11.5 Å². The molecule has 0 atom stereocenters. The van der Waals surface area contributed by atoms with Gasteiger partial charge in [-0.15, -0.1) is 0 Å². The number of carbonyl (C=O) groups excluding carboxylic acids is 1. The first-order chi connectivity index (χ1) is 8.79. The van der Waals surface area contributed by atoms with E-state index in [1.807, 2.05) is 25.1 Å². The lowest BCUT2D eigenvalue weighted by atomic mass is 10.1. The van der Waals surface area contributed by atoms with E-state index in [2.05, 4.69) is 10.6 Å². The molecule has 5 heteroatoms. The molecule has 2 N–H and O–H groups in total. The van der Waals surface area contributed by atoms with Crippen LogP contribution in [0.4, 0.5) is 0 Å². The van der Waals surface area contributed by atoms with Crippen molar-refractivity contribution in [3.63, 3.8) is 0 Å². The van der Waals surface area contributed by atoms with Crippen LogP contribution >= 0.6 is 0 Å². The summed E-state index contributed by atoms with van der Waals surface area (Å²) in [5, 5.41) is 5.84. The Hall–Kier alpha value is -1.75. The highest BCUT2D eigenvalue weighted by Gasteiger charge is 2.12. The van der Waals surface area contributed by atoms with Crippen LogP contribution in [-0.2, 0) is 11.2 Å². The molecule has 0 bridgehead atoms. The molecular formula is C13H18N2O3. The number of likely N-dealkylation sites (N-methyl/N-ethyl adjacent to an activating group) is 1. The second-order valence-corrected chi connectivity index (χ2v) is 4.07. The maximum Gasteiger partial charge on any atom is 0.233 e. The summed E-state index contributed by atoms with van der Waals surface area (Å²) in [6.45, 7) is 4.06. The summed E-state index contributed by atoms with van der Waals surface area (Å²) in [6.07, 6.45) is 0.786. The maximum absolute atomic E-state index is 11.4. The van der Waals surface area contributed by atoms with Crippen LogP contribution in [0, 0.1) is 0 Å². The Morgan fingerprint density at radius 2 is 2.17 bits per heavy atom. The highest BCUT2D eigenvalue weighted by Crippen LogP contribution is 2.32. The largest absolute Gasteiger partial charge is 0.454 e. The van der Waals surface area contributed by atoms with E-state index in [0.29, 0.717) is 13.1 Å². The van der Waals surface area contributed by atoms with Gasteiger partial charge in [-0.1, -0.05) is 13.0 Å². The van der Waals surface area contributed by atoms with E-state index in [1.54, 1.807) is 0 Å². The molecule has 0 unspecified atom stereocenters. The number of hydrogen-bond acceptors (Lipinski definition) is 4. The second-order valence-electron chi connectivity index (χ2n) is 4.07. The minimum absolute atomic E-state index is 0.0255. The fourth-order valence-electron chi connectivity index (χ4n) is 1.74. The van der Waals surface area contributed by atoms with E-state index >= 15 is 0 Å². The molecule has 0 aliphatic carbocycles. The number of amides is 1. The molecule has 0 saturated heterocycles. The molecule has 0 fully saturated rings. The normalized spacial score (nSPS) is 12.5. The van der Waals surface area contributed by atoms with Crippen molar-refractivity contribution in [2.24, 2.45) is 0 Å². The van der Waals surface area contributed by atoms with Crippen LogP contribution < -0.4 is 20.1 Å². The average Bonchev–Trinajstić information content (AvgIpc) is 2.83. The summed E-state index contributed by atoms with van der Waals surface area (Å²) >= 11 is 0. The van der Waals surface area contributed by atoms with Crippen LogP contribution in [0.25, 0.3) is 0 Å². The van der Waals surface area contributed by atoms with E-state index in [0.717, 1.165) is 30.0 Å². The van der Waals surface area contributed by atoms with Gasteiger partial charge in [0, 0.05) is 6.54 Å². The highest BCUT2D eigenvalue weighted by molar-refractivity contribution is 5.77. The van der Waals surface area contributed by atoms with Crippen LogP contribution in [0.5, 0.6) is 11.5 Å². The molecule has 98 valence electrons. The van der Waals surface area contributed by atoms with Crippen molar-refractivity contribution in [1.29, 1.82) is 0 Å². The Balaban J connectivity index is 1.75. The predicted octanol–water partition coefficient (Wildman–Crippen LogP) is 0.683. The topological polar surface area (TPSA) is 59.6 Å². The van der Waals surface area contributed by atoms with Gasteiger partial charge in [0.2, 0.25) is 12.7 Å². The summed E-state index contributed by atoms with van der Waals surface area (Å²) in [4.78, 5) is 11.4. The zero-order valence-corrected chi connectivity index (χ0v) is 10.5. The molecule has 1 heterocycles. The standard InChI is InChI=1S/C13H18N2O3/c1-2-14-8-13(16)15-6-5-10-3-4-11-12(7-10)18-9-17-11/h3-4,7,14H,2,5-6,8-9H2,1H3,(H,15,16). The third-order valence-electron chi connectivity index (χ3n) is 2.71. The molecule has 0 radical (unpaired) electrons. The van der Waals surface area contributed by atoms with Gasteiger partial charge in [-0.3, -0.25) is 4.79 Å². The monoisotopic (exact) mass is 250 g/mol. The van der Waals surface area contributed by atoms with Crippen molar-refractivity contribution in [1.82, 2.24) is 10.6 Å². The van der Waals surface area contributed by atoms with Gasteiger partial charge < -0.3 is 20.1 Å². The number of ether oxygens (including phenoxy) is 2. The van der Waals surface area contributed by atoms with E-state index < -0.39 is 0 Å². The van der Waals surface area contributed by atoms with E-state index in [-0.39, 0.29) is 12.7 Å². The Labute approximate surface area is 106 Å². The fraction of sp³-hybridized carbons (Fsp3) is 0.462. The Morgan fingerprint density at radius 3 is 3.00 bits per heavy atom. The van der Waals surface area contributed by atoms with Gasteiger partial charge in [0.05, 0.1) is 6.54 Å². The number of rotatable bonds is 6. The lowest BCUT2D eigenvalue weighted by molar-refractivity contribution is -0.120. The summed E-state index contributed by atoms with van der Waals surface area (Å²) < 4.78 is 10.5. The minimum atomic E-state index is 0.0255. The third-order valence-corrected chi connectivity index (χ3v) is 2.71. The number of nitrogens with one attached hydrogen (secondary N) is 2. The molecule has 1 aliphatic rings. The molecule has 0 aromatic heterocycles. The molecule has 1 aromatic carbocycles. The lowest BCUT2D eigenvalue weighted by Crippen LogP contribution is -2.34. The average molecular weight is 250 g/mol. The highest BCUT2D eigenvalue weighted by atomic mass is 16.7. The summed E-state index contributed by atoms with van der Waals surface area (Å²) in [7, 11) is 0. The molecule has 0 saturated carbocycles. The van der Waals surface area contributed by atoms with Crippen LogP contribution in [0.3, 0.4) is 0 Å². The molecule has 1 aromatic rings. The summed E-state index contributed by atoms with van der Waals surface area (Å²) in [5.41, 5.74) is 1.13. The maximum atomic E-state index is 11.4. The number of benzene rings is 1.